The van der Waals surface area contributed by atoms with E-state index in [2.05, 4.69) is 35.3 Å². The summed E-state index contributed by atoms with van der Waals surface area (Å²) < 4.78 is 2.24. The van der Waals surface area contributed by atoms with Crippen LogP contribution in [0.2, 0.25) is 0 Å². The molecule has 17 heavy (non-hydrogen) atoms. The van der Waals surface area contributed by atoms with Gasteiger partial charge in [0, 0.05) is 31.5 Å². The molecule has 2 unspecified atom stereocenters. The van der Waals surface area contributed by atoms with Crippen molar-refractivity contribution >= 4 is 0 Å². The van der Waals surface area contributed by atoms with Crippen molar-refractivity contribution in [3.8, 4) is 0 Å². The van der Waals surface area contributed by atoms with Gasteiger partial charge < -0.3 is 15.0 Å². The fraction of sp³-hybridized carbons (Fsp3) is 0.714. The monoisotopic (exact) mass is 236 g/mol. The Labute approximate surface area is 104 Å². The molecule has 3 nitrogen and oxygen atoms in total. The lowest BCUT2D eigenvalue weighted by Crippen LogP contribution is -2.35. The lowest BCUT2D eigenvalue weighted by Gasteiger charge is -2.26. The molecular weight excluding hydrogens is 212 g/mol. The first-order valence-corrected chi connectivity index (χ1v) is 6.84. The Morgan fingerprint density at radius 2 is 2.35 bits per heavy atom. The van der Waals surface area contributed by atoms with Gasteiger partial charge in [0.1, 0.15) is 0 Å². The second kappa shape index (κ2) is 6.22. The quantitative estimate of drug-likeness (QED) is 0.823. The summed E-state index contributed by atoms with van der Waals surface area (Å²) in [6.45, 7) is 4.22. The maximum Gasteiger partial charge on any atom is 0.0555 e. The van der Waals surface area contributed by atoms with Crippen LogP contribution in [0.15, 0.2) is 18.5 Å². The molecule has 1 aliphatic carbocycles. The van der Waals surface area contributed by atoms with Gasteiger partial charge in [0.15, 0.2) is 0 Å². The molecule has 2 rings (SSSR count). The second-order valence-electron chi connectivity index (χ2n) is 5.16. The summed E-state index contributed by atoms with van der Waals surface area (Å²) in [5, 5.41) is 13.2. The zero-order chi connectivity index (χ0) is 12.1. The molecule has 1 aromatic rings. The van der Waals surface area contributed by atoms with Crippen LogP contribution in [0.3, 0.4) is 0 Å². The van der Waals surface area contributed by atoms with Gasteiger partial charge in [-0.1, -0.05) is 6.92 Å². The summed E-state index contributed by atoms with van der Waals surface area (Å²) in [5.41, 5.74) is 1.35. The molecule has 0 aliphatic heterocycles. The summed E-state index contributed by atoms with van der Waals surface area (Å²) in [7, 11) is 0. The second-order valence-corrected chi connectivity index (χ2v) is 5.16. The van der Waals surface area contributed by atoms with E-state index < -0.39 is 0 Å². The van der Waals surface area contributed by atoms with Crippen LogP contribution in [-0.2, 0) is 13.1 Å². The van der Waals surface area contributed by atoms with Crippen molar-refractivity contribution in [2.75, 3.05) is 0 Å². The first kappa shape index (κ1) is 12.7. The van der Waals surface area contributed by atoms with Gasteiger partial charge in [-0.2, -0.15) is 0 Å². The van der Waals surface area contributed by atoms with E-state index in [0.29, 0.717) is 6.04 Å². The molecule has 0 saturated heterocycles. The predicted octanol–water partition coefficient (Wildman–Crippen LogP) is 2.29. The van der Waals surface area contributed by atoms with E-state index in [-0.39, 0.29) is 6.10 Å². The van der Waals surface area contributed by atoms with Crippen LogP contribution in [0.1, 0.15) is 44.6 Å². The number of hydrogen-bond donors (Lipinski definition) is 2. The molecule has 2 N–H and O–H groups in total. The number of nitrogens with zero attached hydrogens (tertiary/aromatic N) is 1. The number of aliphatic hydroxyl groups is 1. The molecule has 3 heteroatoms. The number of hydrogen-bond acceptors (Lipinski definition) is 2. The van der Waals surface area contributed by atoms with Gasteiger partial charge in [0.05, 0.1) is 6.10 Å². The molecule has 1 heterocycles. The molecule has 1 aromatic heterocycles. The highest BCUT2D eigenvalue weighted by molar-refractivity contribution is 5.10. The molecule has 0 radical (unpaired) electrons. The van der Waals surface area contributed by atoms with Crippen molar-refractivity contribution in [2.45, 2.75) is 64.3 Å². The smallest absolute Gasteiger partial charge is 0.0555 e. The summed E-state index contributed by atoms with van der Waals surface area (Å²) in [6, 6.07) is 2.68. The number of aryl methyl sites for hydroxylation is 1. The van der Waals surface area contributed by atoms with E-state index in [4.69, 9.17) is 0 Å². The Kier molecular flexibility index (Phi) is 4.63. The first-order chi connectivity index (χ1) is 8.28. The van der Waals surface area contributed by atoms with Crippen LogP contribution in [-0.4, -0.2) is 21.8 Å². The Morgan fingerprint density at radius 3 is 3.12 bits per heavy atom. The normalized spacial score (nSPS) is 25.1. The standard InChI is InChI=1S/C14H24N2O/c1-2-7-16-8-6-12(11-16)10-15-13-4-3-5-14(17)9-13/h6,8,11,13-15,17H,2-5,7,9-10H2,1H3. The molecular formula is C14H24N2O. The Hall–Kier alpha value is -0.800. The van der Waals surface area contributed by atoms with E-state index in [1.54, 1.807) is 0 Å². The summed E-state index contributed by atoms with van der Waals surface area (Å²) in [6.07, 6.45) is 9.69. The molecule has 0 spiro atoms. The van der Waals surface area contributed by atoms with Crippen LogP contribution in [0.5, 0.6) is 0 Å². The van der Waals surface area contributed by atoms with Crippen LogP contribution in [0, 0.1) is 0 Å². The van der Waals surface area contributed by atoms with Crippen LogP contribution in [0.25, 0.3) is 0 Å². The molecule has 1 aliphatic rings. The fourth-order valence-corrected chi connectivity index (χ4v) is 2.60. The zero-order valence-corrected chi connectivity index (χ0v) is 10.7. The van der Waals surface area contributed by atoms with E-state index in [1.807, 2.05) is 0 Å². The maximum atomic E-state index is 9.61. The van der Waals surface area contributed by atoms with Gasteiger partial charge in [0.2, 0.25) is 0 Å². The van der Waals surface area contributed by atoms with E-state index in [1.165, 1.54) is 18.4 Å². The molecule has 0 bridgehead atoms. The fourth-order valence-electron chi connectivity index (χ4n) is 2.60. The first-order valence-electron chi connectivity index (χ1n) is 6.84. The van der Waals surface area contributed by atoms with Crippen molar-refractivity contribution in [1.82, 2.24) is 9.88 Å². The van der Waals surface area contributed by atoms with Crippen LogP contribution < -0.4 is 5.32 Å². The van der Waals surface area contributed by atoms with E-state index in [0.717, 1.165) is 32.4 Å². The highest BCUT2D eigenvalue weighted by atomic mass is 16.3. The minimum Gasteiger partial charge on any atom is -0.393 e. The molecule has 0 aromatic carbocycles. The average molecular weight is 236 g/mol. The minimum absolute atomic E-state index is 0.0917. The topological polar surface area (TPSA) is 37.2 Å². The number of rotatable bonds is 5. The van der Waals surface area contributed by atoms with Crippen molar-refractivity contribution in [2.24, 2.45) is 0 Å². The maximum absolute atomic E-state index is 9.61. The van der Waals surface area contributed by atoms with E-state index in [9.17, 15) is 5.11 Å². The van der Waals surface area contributed by atoms with Crippen molar-refractivity contribution in [1.29, 1.82) is 0 Å². The van der Waals surface area contributed by atoms with Gasteiger partial charge in [-0.15, -0.1) is 0 Å². The lowest BCUT2D eigenvalue weighted by molar-refractivity contribution is 0.111. The molecule has 96 valence electrons. The van der Waals surface area contributed by atoms with Gasteiger partial charge >= 0.3 is 0 Å². The van der Waals surface area contributed by atoms with Gasteiger partial charge in [-0.05, 0) is 43.7 Å². The third kappa shape index (κ3) is 3.86. The number of aromatic nitrogens is 1. The van der Waals surface area contributed by atoms with Gasteiger partial charge in [-0.3, -0.25) is 0 Å². The summed E-state index contributed by atoms with van der Waals surface area (Å²) in [4.78, 5) is 0. The SMILES string of the molecule is CCCn1ccc(CNC2CCCC(O)C2)c1. The van der Waals surface area contributed by atoms with Gasteiger partial charge in [-0.25, -0.2) is 0 Å². The zero-order valence-electron chi connectivity index (χ0n) is 10.7. The van der Waals surface area contributed by atoms with Crippen molar-refractivity contribution in [3.05, 3.63) is 24.0 Å². The number of aliphatic hydroxyl groups excluding tert-OH is 1. The molecule has 1 fully saturated rings. The van der Waals surface area contributed by atoms with Crippen molar-refractivity contribution < 1.29 is 5.11 Å². The minimum atomic E-state index is -0.0917. The number of nitrogens with one attached hydrogen (secondary N) is 1. The van der Waals surface area contributed by atoms with E-state index >= 15 is 0 Å². The predicted molar refractivity (Wildman–Crippen MR) is 69.8 cm³/mol. The van der Waals surface area contributed by atoms with Crippen LogP contribution >= 0.6 is 0 Å². The Balaban J connectivity index is 1.76. The van der Waals surface area contributed by atoms with Crippen molar-refractivity contribution in [3.63, 3.8) is 0 Å². The van der Waals surface area contributed by atoms with Gasteiger partial charge in [0.25, 0.3) is 0 Å². The third-order valence-electron chi connectivity index (χ3n) is 3.53. The third-order valence-corrected chi connectivity index (χ3v) is 3.53. The lowest BCUT2D eigenvalue weighted by atomic mass is 9.93. The highest BCUT2D eigenvalue weighted by Crippen LogP contribution is 2.18. The highest BCUT2D eigenvalue weighted by Gasteiger charge is 2.19. The Bertz CT molecular complexity index is 335. The molecule has 1 saturated carbocycles. The van der Waals surface area contributed by atoms with Crippen LogP contribution in [0.4, 0.5) is 0 Å². The average Bonchev–Trinajstić information content (AvgIpc) is 2.75. The molecule has 0 amide bonds. The molecule has 2 atom stereocenters. The Morgan fingerprint density at radius 1 is 1.47 bits per heavy atom. The summed E-state index contributed by atoms with van der Waals surface area (Å²) in [5.74, 6) is 0. The summed E-state index contributed by atoms with van der Waals surface area (Å²) >= 11 is 0. The largest absolute Gasteiger partial charge is 0.393 e.